The van der Waals surface area contributed by atoms with E-state index < -0.39 is 182 Å². The standard InChI is InChI=1S/C54H78O25/c1-20(55)43(59)48(64)51(68-10)30-13-28-11-27-12-29(75-37-18-35(50(24(5)72-37)74-26(7)56)78-36-15-32(58)49(67-9)23(4)71-36)14-31(57)41(27)46(62)42(28)47(63)52(30)79-39-17-33(44(60)22(3)70-39)76-38-16-34(45(61)21(2)69-38)77-40-19-54(8,66)53(65)25(6)73-40/h11-12,14,20-25,30,32-40,43-45,49-53,55,57-62,65-66H,13,15-19H2,1-10H3/t20-,21-,22+,23-,24-,25+,30+,32+,33+,34-,35+,36+,37-,38-,39+,40+,43+,44+,45-,49+,50+,51+,52-,53+,54-/m0/s1. The summed E-state index contributed by atoms with van der Waals surface area (Å²) in [6.07, 6.45) is -25.7. The van der Waals surface area contributed by atoms with E-state index in [2.05, 4.69) is 0 Å². The first kappa shape index (κ1) is 61.3. The number of fused-ring (bicyclic) bond motifs is 2. The Bertz CT molecular complexity index is 2440. The highest BCUT2D eigenvalue weighted by molar-refractivity contribution is 6.11. The molecule has 5 fully saturated rings. The molecular formula is C54H78O25. The summed E-state index contributed by atoms with van der Waals surface area (Å²) in [4.78, 5) is 41.1. The Labute approximate surface area is 456 Å². The van der Waals surface area contributed by atoms with Crippen LogP contribution >= 0.6 is 0 Å². The van der Waals surface area contributed by atoms with Crippen molar-refractivity contribution in [2.75, 3.05) is 14.2 Å². The van der Waals surface area contributed by atoms with Gasteiger partial charge in [0.15, 0.2) is 42.8 Å². The summed E-state index contributed by atoms with van der Waals surface area (Å²) >= 11 is 0. The van der Waals surface area contributed by atoms with Crippen LogP contribution in [0.5, 0.6) is 17.2 Å². The number of aliphatic hydroxyl groups is 7. The molecule has 25 atom stereocenters. The maximum Gasteiger partial charge on any atom is 0.303 e. The number of phenols is 2. The summed E-state index contributed by atoms with van der Waals surface area (Å²) in [6.45, 7) is 12.0. The fourth-order valence-electron chi connectivity index (χ4n) is 11.9. The van der Waals surface area contributed by atoms with E-state index in [0.717, 1.165) is 0 Å². The number of ether oxygens (including phenoxy) is 13. The van der Waals surface area contributed by atoms with Crippen molar-refractivity contribution in [2.24, 2.45) is 5.92 Å². The minimum absolute atomic E-state index is 0.0201. The first-order chi connectivity index (χ1) is 37.2. The summed E-state index contributed by atoms with van der Waals surface area (Å²) in [5, 5.41) is 99.3. The smallest absolute Gasteiger partial charge is 0.303 e. The van der Waals surface area contributed by atoms with Gasteiger partial charge in [-0.15, -0.1) is 0 Å². The Hall–Kier alpha value is -3.81. The zero-order valence-electron chi connectivity index (χ0n) is 45.9. The van der Waals surface area contributed by atoms with Crippen LogP contribution in [0.25, 0.3) is 10.8 Å². The van der Waals surface area contributed by atoms with E-state index in [1.807, 2.05) is 0 Å². The largest absolute Gasteiger partial charge is 0.507 e. The van der Waals surface area contributed by atoms with Crippen molar-refractivity contribution >= 4 is 28.3 Å². The van der Waals surface area contributed by atoms with Crippen LogP contribution in [0.2, 0.25) is 0 Å². The zero-order valence-corrected chi connectivity index (χ0v) is 45.9. The van der Waals surface area contributed by atoms with Crippen molar-refractivity contribution in [1.29, 1.82) is 0 Å². The van der Waals surface area contributed by atoms with Gasteiger partial charge < -0.3 is 108 Å². The third kappa shape index (κ3) is 13.2. The quantitative estimate of drug-likeness (QED) is 0.0983. The van der Waals surface area contributed by atoms with Crippen molar-refractivity contribution < 1.29 is 122 Å². The van der Waals surface area contributed by atoms with Crippen molar-refractivity contribution in [3.05, 3.63) is 29.3 Å². The number of carbonyl (C=O) groups is 3. The van der Waals surface area contributed by atoms with Gasteiger partial charge in [-0.25, -0.2) is 0 Å². The van der Waals surface area contributed by atoms with Gasteiger partial charge >= 0.3 is 5.97 Å². The number of esters is 1. The molecule has 0 unspecified atom stereocenters. The van der Waals surface area contributed by atoms with Crippen LogP contribution in [-0.4, -0.2) is 225 Å². The molecule has 5 heterocycles. The predicted octanol–water partition coefficient (Wildman–Crippen LogP) is 0.667. The molecule has 0 bridgehead atoms. The summed E-state index contributed by atoms with van der Waals surface area (Å²) in [5.74, 6) is -4.78. The lowest BCUT2D eigenvalue weighted by atomic mass is 9.75. The number of aromatic hydroxyl groups is 2. The molecule has 5 aliphatic heterocycles. The Morgan fingerprint density at radius 1 is 0.709 bits per heavy atom. The van der Waals surface area contributed by atoms with Gasteiger partial charge in [0.05, 0.1) is 71.5 Å². The van der Waals surface area contributed by atoms with E-state index >= 15 is 4.79 Å². The van der Waals surface area contributed by atoms with Gasteiger partial charge in [0.1, 0.15) is 66.1 Å². The first-order valence-corrected chi connectivity index (χ1v) is 26.9. The Morgan fingerprint density at radius 3 is 1.84 bits per heavy atom. The molecule has 79 heavy (non-hydrogen) atoms. The second-order valence-corrected chi connectivity index (χ2v) is 22.1. The Morgan fingerprint density at radius 2 is 1.25 bits per heavy atom. The molecule has 2 aromatic carbocycles. The number of ketones is 2. The molecule has 2 aromatic rings. The third-order valence-corrected chi connectivity index (χ3v) is 16.0. The van der Waals surface area contributed by atoms with Gasteiger partial charge in [0, 0.05) is 65.2 Å². The van der Waals surface area contributed by atoms with Crippen LogP contribution in [0, 0.1) is 5.92 Å². The molecular weight excluding hydrogens is 1050 g/mol. The number of phenolic OH excluding ortho intramolecular Hbond substituents is 2. The molecule has 0 saturated carbocycles. The highest BCUT2D eigenvalue weighted by Crippen LogP contribution is 2.46. The monoisotopic (exact) mass is 1130 g/mol. The maximum absolute atomic E-state index is 15.0. The predicted molar refractivity (Wildman–Crippen MR) is 268 cm³/mol. The van der Waals surface area contributed by atoms with E-state index in [-0.39, 0.29) is 66.2 Å². The second kappa shape index (κ2) is 25.0. The Balaban J connectivity index is 1.04. The number of rotatable bonds is 17. The number of benzene rings is 2. The molecule has 1 aliphatic carbocycles. The van der Waals surface area contributed by atoms with E-state index in [4.69, 9.17) is 61.6 Å². The average Bonchev–Trinajstić information content (AvgIpc) is 3.54. The molecule has 0 aromatic heterocycles. The third-order valence-electron chi connectivity index (χ3n) is 16.0. The lowest BCUT2D eigenvalue weighted by molar-refractivity contribution is -0.334. The first-order valence-electron chi connectivity index (χ1n) is 26.9. The van der Waals surface area contributed by atoms with Crippen LogP contribution in [0.4, 0.5) is 0 Å². The van der Waals surface area contributed by atoms with Crippen LogP contribution in [0.3, 0.4) is 0 Å². The molecule has 0 amide bonds. The summed E-state index contributed by atoms with van der Waals surface area (Å²) < 4.78 is 78.2. The van der Waals surface area contributed by atoms with E-state index in [1.54, 1.807) is 27.7 Å². The van der Waals surface area contributed by atoms with Gasteiger partial charge in [-0.2, -0.15) is 0 Å². The van der Waals surface area contributed by atoms with E-state index in [1.165, 1.54) is 60.1 Å². The summed E-state index contributed by atoms with van der Waals surface area (Å²) in [7, 11) is 2.64. The molecule has 0 spiro atoms. The van der Waals surface area contributed by atoms with Gasteiger partial charge in [-0.3, -0.25) is 14.4 Å². The fourth-order valence-corrected chi connectivity index (χ4v) is 11.9. The second-order valence-electron chi connectivity index (χ2n) is 22.1. The minimum Gasteiger partial charge on any atom is -0.507 e. The SMILES string of the molecule is CO[C@H]1[C@H](O)C[C@@H](O[C@@H]2C[C@H](Oc3cc(O)c4c(O)c5c(cc4c3)C[C@H]([C@@H](OC)C(=O)[C@H](O)[C@H](C)O)[C@H](O[C@@H]3C[C@@H](O[C@H]4C[C@H](O[C@@H]6C[C@](C)(O)[C@H](O)[C@@H](C)O6)[C@@H](O)[C@H](C)O4)[C@H](O)[C@@H](C)O3)C5=O)O[C@@H](C)[C@H]2OC(C)=O)O[C@H]1C. The van der Waals surface area contributed by atoms with Gasteiger partial charge in [0.25, 0.3) is 0 Å². The molecule has 0 radical (unpaired) electrons. The zero-order chi connectivity index (χ0) is 57.7. The minimum atomic E-state index is -1.95. The number of carbonyl (C=O) groups excluding carboxylic acids is 3. The van der Waals surface area contributed by atoms with Crippen molar-refractivity contribution in [2.45, 2.75) is 241 Å². The lowest BCUT2D eigenvalue weighted by Crippen LogP contribution is -2.58. The van der Waals surface area contributed by atoms with Crippen LogP contribution < -0.4 is 4.74 Å². The molecule has 444 valence electrons. The van der Waals surface area contributed by atoms with Crippen LogP contribution in [-0.2, 0) is 72.9 Å². The van der Waals surface area contributed by atoms with Gasteiger partial charge in [-0.1, -0.05) is 0 Å². The van der Waals surface area contributed by atoms with Crippen molar-refractivity contribution in [3.63, 3.8) is 0 Å². The number of aliphatic hydroxyl groups excluding tert-OH is 6. The number of methoxy groups -OCH3 is 2. The maximum atomic E-state index is 15.0. The highest BCUT2D eigenvalue weighted by Gasteiger charge is 2.52. The molecule has 25 heteroatoms. The summed E-state index contributed by atoms with van der Waals surface area (Å²) in [6, 6.07) is 4.20. The molecule has 25 nitrogen and oxygen atoms in total. The van der Waals surface area contributed by atoms with Gasteiger partial charge in [-0.05, 0) is 78.0 Å². The lowest BCUT2D eigenvalue weighted by Gasteiger charge is -2.46. The normalized spacial score (nSPS) is 41.2. The summed E-state index contributed by atoms with van der Waals surface area (Å²) in [5.41, 5.74) is -1.62. The number of hydrogen-bond acceptors (Lipinski definition) is 25. The highest BCUT2D eigenvalue weighted by atomic mass is 16.7. The fraction of sp³-hybridized carbons (Fsp3) is 0.759. The molecule has 5 saturated heterocycles. The molecule has 6 aliphatic rings. The van der Waals surface area contributed by atoms with E-state index in [9.17, 15) is 55.5 Å². The van der Waals surface area contributed by atoms with Crippen LogP contribution in [0.1, 0.15) is 103 Å². The topological polar surface area (TPSA) is 353 Å². The van der Waals surface area contributed by atoms with Crippen LogP contribution in [0.15, 0.2) is 18.2 Å². The Kier molecular flexibility index (Phi) is 19.4. The van der Waals surface area contributed by atoms with E-state index in [0.29, 0.717) is 0 Å². The number of hydrogen-bond donors (Lipinski definition) is 9. The van der Waals surface area contributed by atoms with Gasteiger partial charge in [0.2, 0.25) is 6.29 Å². The number of Topliss-reactive ketones (excluding diaryl/α,β-unsaturated/α-hetero) is 2. The van der Waals surface area contributed by atoms with Crippen molar-refractivity contribution in [3.8, 4) is 17.2 Å². The molecule has 9 N–H and O–H groups in total. The molecule has 8 rings (SSSR count). The van der Waals surface area contributed by atoms with Crippen molar-refractivity contribution in [1.82, 2.24) is 0 Å². The average molecular weight is 1130 g/mol.